The summed E-state index contributed by atoms with van der Waals surface area (Å²) in [6, 6.07) is 5.52. The second-order valence-corrected chi connectivity index (χ2v) is 4.89. The van der Waals surface area contributed by atoms with Crippen molar-refractivity contribution < 1.29 is 14.1 Å². The van der Waals surface area contributed by atoms with E-state index in [2.05, 4.69) is 4.98 Å². The Bertz CT molecular complexity index is 687. The van der Waals surface area contributed by atoms with Crippen molar-refractivity contribution in [1.82, 2.24) is 4.98 Å². The SMILES string of the molecule is COc1cc(-c2cc(F)cc(C(C)C)c2[N+](=O)[O-])ccn1. The van der Waals surface area contributed by atoms with E-state index < -0.39 is 10.7 Å². The summed E-state index contributed by atoms with van der Waals surface area (Å²) in [4.78, 5) is 14.9. The molecule has 6 heteroatoms. The third-order valence-electron chi connectivity index (χ3n) is 3.16. The third kappa shape index (κ3) is 2.99. The van der Waals surface area contributed by atoms with Crippen LogP contribution in [-0.4, -0.2) is 17.0 Å². The Morgan fingerprint density at radius 1 is 1.33 bits per heavy atom. The molecule has 110 valence electrons. The average molecular weight is 290 g/mol. The minimum atomic E-state index is -0.505. The zero-order valence-electron chi connectivity index (χ0n) is 12.0. The molecule has 0 aliphatic heterocycles. The highest BCUT2D eigenvalue weighted by Gasteiger charge is 2.24. The number of nitrogens with zero attached hydrogens (tertiary/aromatic N) is 2. The minimum Gasteiger partial charge on any atom is -0.481 e. The Morgan fingerprint density at radius 3 is 2.62 bits per heavy atom. The van der Waals surface area contributed by atoms with E-state index in [1.54, 1.807) is 26.0 Å². The zero-order chi connectivity index (χ0) is 15.6. The standard InChI is InChI=1S/C15H15FN2O3/c1-9(2)12-7-11(16)8-13(15(12)18(19)20)10-4-5-17-14(6-10)21-3/h4-9H,1-3H3. The summed E-state index contributed by atoms with van der Waals surface area (Å²) in [6.45, 7) is 3.58. The van der Waals surface area contributed by atoms with E-state index in [0.29, 0.717) is 17.0 Å². The molecule has 0 bridgehead atoms. The molecule has 0 N–H and O–H groups in total. The van der Waals surface area contributed by atoms with Crippen molar-refractivity contribution in [2.45, 2.75) is 19.8 Å². The van der Waals surface area contributed by atoms with Gasteiger partial charge in [0.15, 0.2) is 0 Å². The van der Waals surface area contributed by atoms with E-state index in [-0.39, 0.29) is 17.2 Å². The van der Waals surface area contributed by atoms with Gasteiger partial charge in [-0.2, -0.15) is 0 Å². The fourth-order valence-corrected chi connectivity index (χ4v) is 2.17. The maximum Gasteiger partial charge on any atom is 0.280 e. The summed E-state index contributed by atoms with van der Waals surface area (Å²) in [5, 5.41) is 11.4. The van der Waals surface area contributed by atoms with Gasteiger partial charge < -0.3 is 4.74 Å². The van der Waals surface area contributed by atoms with Gasteiger partial charge in [0.05, 0.1) is 17.6 Å². The molecule has 0 amide bonds. The smallest absolute Gasteiger partial charge is 0.280 e. The molecule has 2 rings (SSSR count). The molecular weight excluding hydrogens is 275 g/mol. The Kier molecular flexibility index (Phi) is 4.16. The molecule has 1 aromatic heterocycles. The zero-order valence-corrected chi connectivity index (χ0v) is 12.0. The first-order valence-electron chi connectivity index (χ1n) is 6.42. The number of hydrogen-bond acceptors (Lipinski definition) is 4. The Hall–Kier alpha value is -2.50. The number of pyridine rings is 1. The molecule has 0 aliphatic rings. The van der Waals surface area contributed by atoms with Crippen LogP contribution in [-0.2, 0) is 0 Å². The van der Waals surface area contributed by atoms with Crippen LogP contribution in [0.2, 0.25) is 0 Å². The van der Waals surface area contributed by atoms with E-state index in [1.165, 1.54) is 25.4 Å². The van der Waals surface area contributed by atoms with E-state index in [0.717, 1.165) is 0 Å². The van der Waals surface area contributed by atoms with Crippen molar-refractivity contribution in [1.29, 1.82) is 0 Å². The average Bonchev–Trinajstić information content (AvgIpc) is 2.45. The van der Waals surface area contributed by atoms with Crippen LogP contribution in [0.1, 0.15) is 25.3 Å². The number of hydrogen-bond donors (Lipinski definition) is 0. The van der Waals surface area contributed by atoms with Gasteiger partial charge in [-0.15, -0.1) is 0 Å². The normalized spacial score (nSPS) is 10.7. The van der Waals surface area contributed by atoms with Crippen LogP contribution in [0.15, 0.2) is 30.5 Å². The number of ether oxygens (including phenoxy) is 1. The van der Waals surface area contributed by atoms with Gasteiger partial charge in [0.25, 0.3) is 5.69 Å². The highest BCUT2D eigenvalue weighted by molar-refractivity contribution is 5.76. The van der Waals surface area contributed by atoms with Crippen LogP contribution in [0.25, 0.3) is 11.1 Å². The van der Waals surface area contributed by atoms with Crippen LogP contribution in [0.5, 0.6) is 5.88 Å². The topological polar surface area (TPSA) is 65.3 Å². The summed E-state index contributed by atoms with van der Waals surface area (Å²) in [7, 11) is 1.45. The highest BCUT2D eigenvalue weighted by Crippen LogP contribution is 2.37. The van der Waals surface area contributed by atoms with E-state index >= 15 is 0 Å². The second kappa shape index (κ2) is 5.87. The van der Waals surface area contributed by atoms with Gasteiger partial charge in [0.2, 0.25) is 5.88 Å². The van der Waals surface area contributed by atoms with Gasteiger partial charge in [0, 0.05) is 17.8 Å². The van der Waals surface area contributed by atoms with Crippen molar-refractivity contribution in [2.75, 3.05) is 7.11 Å². The number of methoxy groups -OCH3 is 1. The van der Waals surface area contributed by atoms with Crippen molar-refractivity contribution >= 4 is 5.69 Å². The predicted molar refractivity (Wildman–Crippen MR) is 76.9 cm³/mol. The molecule has 1 aromatic carbocycles. The first kappa shape index (κ1) is 14.9. The molecule has 0 spiro atoms. The number of nitro benzene ring substituents is 1. The molecule has 0 unspecified atom stereocenters. The van der Waals surface area contributed by atoms with Crippen LogP contribution in [0, 0.1) is 15.9 Å². The summed E-state index contributed by atoms with van der Waals surface area (Å²) in [5.74, 6) is -0.351. The first-order chi connectivity index (χ1) is 9.93. The lowest BCUT2D eigenvalue weighted by Gasteiger charge is -2.11. The van der Waals surface area contributed by atoms with Crippen molar-refractivity contribution in [2.24, 2.45) is 0 Å². The van der Waals surface area contributed by atoms with Crippen LogP contribution in [0.4, 0.5) is 10.1 Å². The maximum absolute atomic E-state index is 13.8. The Labute approximate surface area is 121 Å². The molecule has 0 radical (unpaired) electrons. The molecule has 5 nitrogen and oxygen atoms in total. The van der Waals surface area contributed by atoms with E-state index in [1.807, 2.05) is 0 Å². The lowest BCUT2D eigenvalue weighted by atomic mass is 9.94. The molecule has 0 aliphatic carbocycles. The molecule has 0 fully saturated rings. The number of halogens is 1. The van der Waals surface area contributed by atoms with Crippen LogP contribution >= 0.6 is 0 Å². The first-order valence-corrected chi connectivity index (χ1v) is 6.42. The number of rotatable bonds is 4. The minimum absolute atomic E-state index is 0.0837. The van der Waals surface area contributed by atoms with Gasteiger partial charge in [-0.3, -0.25) is 10.1 Å². The van der Waals surface area contributed by atoms with E-state index in [9.17, 15) is 14.5 Å². The summed E-state index contributed by atoms with van der Waals surface area (Å²) < 4.78 is 18.8. The number of aromatic nitrogens is 1. The van der Waals surface area contributed by atoms with Crippen molar-refractivity contribution in [3.05, 3.63) is 52.0 Å². The lowest BCUT2D eigenvalue weighted by molar-refractivity contribution is -0.385. The predicted octanol–water partition coefficient (Wildman–Crippen LogP) is 3.93. The second-order valence-electron chi connectivity index (χ2n) is 4.89. The van der Waals surface area contributed by atoms with Gasteiger partial charge >= 0.3 is 0 Å². The summed E-state index contributed by atoms with van der Waals surface area (Å²) >= 11 is 0. The monoisotopic (exact) mass is 290 g/mol. The van der Waals surface area contributed by atoms with Gasteiger partial charge in [-0.05, 0) is 29.7 Å². The third-order valence-corrected chi connectivity index (χ3v) is 3.16. The van der Waals surface area contributed by atoms with Crippen molar-refractivity contribution in [3.8, 4) is 17.0 Å². The number of benzene rings is 1. The molecule has 21 heavy (non-hydrogen) atoms. The fourth-order valence-electron chi connectivity index (χ4n) is 2.17. The lowest BCUT2D eigenvalue weighted by Crippen LogP contribution is -2.01. The van der Waals surface area contributed by atoms with Crippen molar-refractivity contribution in [3.63, 3.8) is 0 Å². The molecule has 0 saturated heterocycles. The molecule has 0 saturated carbocycles. The summed E-state index contributed by atoms with van der Waals surface area (Å²) in [5.41, 5.74) is 1.00. The Morgan fingerprint density at radius 2 is 2.05 bits per heavy atom. The van der Waals surface area contributed by atoms with Gasteiger partial charge in [-0.25, -0.2) is 9.37 Å². The highest BCUT2D eigenvalue weighted by atomic mass is 19.1. The fraction of sp³-hybridized carbons (Fsp3) is 0.267. The van der Waals surface area contributed by atoms with Crippen LogP contribution in [0.3, 0.4) is 0 Å². The number of nitro groups is 1. The van der Waals surface area contributed by atoms with E-state index in [4.69, 9.17) is 4.74 Å². The molecule has 0 atom stereocenters. The van der Waals surface area contributed by atoms with Gasteiger partial charge in [-0.1, -0.05) is 13.8 Å². The molecule has 2 aromatic rings. The summed E-state index contributed by atoms with van der Waals surface area (Å²) in [6.07, 6.45) is 1.47. The molecule has 1 heterocycles. The molecular formula is C15H15FN2O3. The Balaban J connectivity index is 2.74. The van der Waals surface area contributed by atoms with Crippen LogP contribution < -0.4 is 4.74 Å². The largest absolute Gasteiger partial charge is 0.481 e. The van der Waals surface area contributed by atoms with Gasteiger partial charge in [0.1, 0.15) is 5.82 Å². The quantitative estimate of drug-likeness (QED) is 0.632. The maximum atomic E-state index is 13.8.